The summed E-state index contributed by atoms with van der Waals surface area (Å²) in [6, 6.07) is 10.9. The molecule has 0 heterocycles. The van der Waals surface area contributed by atoms with Gasteiger partial charge < -0.3 is 19.7 Å². The van der Waals surface area contributed by atoms with Crippen LogP contribution >= 0.6 is 0 Å². The number of carbonyl (C=O) groups excluding carboxylic acids is 2. The van der Waals surface area contributed by atoms with Gasteiger partial charge in [-0.15, -0.1) is 0 Å². The van der Waals surface area contributed by atoms with Crippen LogP contribution < -0.4 is 14.8 Å². The molecule has 0 aliphatic rings. The van der Waals surface area contributed by atoms with Crippen molar-refractivity contribution in [1.82, 2.24) is 4.90 Å². The van der Waals surface area contributed by atoms with Crippen LogP contribution in [0.1, 0.15) is 12.5 Å². The zero-order chi connectivity index (χ0) is 19.1. The average Bonchev–Trinajstić information content (AvgIpc) is 2.60. The molecule has 0 aliphatic heterocycles. The number of methoxy groups -OCH3 is 2. The normalized spacial score (nSPS) is 10.2. The topological polar surface area (TPSA) is 67.9 Å². The van der Waals surface area contributed by atoms with Gasteiger partial charge in [0.05, 0.1) is 14.2 Å². The van der Waals surface area contributed by atoms with Gasteiger partial charge in [0.1, 0.15) is 12.4 Å². The number of ether oxygens (including phenoxy) is 2. The predicted octanol–water partition coefficient (Wildman–Crippen LogP) is 2.83. The summed E-state index contributed by atoms with van der Waals surface area (Å²) < 4.78 is 23.6. The molecule has 2 amide bonds. The monoisotopic (exact) mass is 360 g/mol. The lowest BCUT2D eigenvalue weighted by atomic mass is 10.2. The van der Waals surface area contributed by atoms with Crippen LogP contribution in [-0.4, -0.2) is 37.5 Å². The fraction of sp³-hybridized carbons (Fsp3) is 0.263. The van der Waals surface area contributed by atoms with E-state index in [4.69, 9.17) is 9.47 Å². The Hall–Kier alpha value is -3.09. The summed E-state index contributed by atoms with van der Waals surface area (Å²) in [6.45, 7) is 1.46. The van der Waals surface area contributed by atoms with E-state index in [9.17, 15) is 14.0 Å². The van der Waals surface area contributed by atoms with Crippen LogP contribution in [0.5, 0.6) is 11.5 Å². The Morgan fingerprint density at radius 3 is 2.42 bits per heavy atom. The minimum Gasteiger partial charge on any atom is -0.493 e. The maximum atomic E-state index is 13.2. The van der Waals surface area contributed by atoms with Gasteiger partial charge in [0.15, 0.2) is 11.5 Å². The van der Waals surface area contributed by atoms with Crippen LogP contribution in [0.2, 0.25) is 0 Å². The first-order valence-electron chi connectivity index (χ1n) is 7.94. The number of anilines is 1. The van der Waals surface area contributed by atoms with Crippen molar-refractivity contribution in [3.8, 4) is 11.5 Å². The quantitative estimate of drug-likeness (QED) is 0.824. The van der Waals surface area contributed by atoms with E-state index < -0.39 is 11.7 Å². The molecule has 6 nitrogen and oxygen atoms in total. The van der Waals surface area contributed by atoms with Gasteiger partial charge in [-0.3, -0.25) is 9.59 Å². The molecular formula is C19H21FN2O4. The van der Waals surface area contributed by atoms with Crippen LogP contribution in [-0.2, 0) is 16.1 Å². The van der Waals surface area contributed by atoms with Crippen LogP contribution in [0.4, 0.5) is 10.1 Å². The van der Waals surface area contributed by atoms with Crippen molar-refractivity contribution in [2.45, 2.75) is 13.5 Å². The number of nitrogens with zero attached hydrogens (tertiary/aromatic N) is 1. The van der Waals surface area contributed by atoms with Crippen molar-refractivity contribution >= 4 is 17.5 Å². The zero-order valence-electron chi connectivity index (χ0n) is 14.9. The lowest BCUT2D eigenvalue weighted by Gasteiger charge is -2.21. The van der Waals surface area contributed by atoms with Crippen LogP contribution in [0.15, 0.2) is 42.5 Å². The van der Waals surface area contributed by atoms with Crippen molar-refractivity contribution in [2.75, 3.05) is 26.1 Å². The Morgan fingerprint density at radius 2 is 1.81 bits per heavy atom. The maximum absolute atomic E-state index is 13.2. The molecule has 2 aromatic rings. The molecule has 0 unspecified atom stereocenters. The number of rotatable bonds is 7. The van der Waals surface area contributed by atoms with Crippen LogP contribution in [0, 0.1) is 5.82 Å². The summed E-state index contributed by atoms with van der Waals surface area (Å²) in [6.07, 6.45) is 0. The summed E-state index contributed by atoms with van der Waals surface area (Å²) in [5, 5.41) is 2.58. The fourth-order valence-corrected chi connectivity index (χ4v) is 2.42. The third kappa shape index (κ3) is 5.20. The van der Waals surface area contributed by atoms with Crippen molar-refractivity contribution in [1.29, 1.82) is 0 Å². The summed E-state index contributed by atoms with van der Waals surface area (Å²) in [4.78, 5) is 25.5. The molecule has 1 N–H and O–H groups in total. The van der Waals surface area contributed by atoms with Crippen molar-refractivity contribution in [2.24, 2.45) is 0 Å². The molecule has 2 rings (SSSR count). The van der Waals surface area contributed by atoms with Gasteiger partial charge in [0.2, 0.25) is 11.8 Å². The Balaban J connectivity index is 2.07. The van der Waals surface area contributed by atoms with E-state index in [-0.39, 0.29) is 19.0 Å². The summed E-state index contributed by atoms with van der Waals surface area (Å²) in [5.41, 5.74) is 1.13. The molecule has 2 aromatic carbocycles. The Morgan fingerprint density at radius 1 is 1.08 bits per heavy atom. The highest BCUT2D eigenvalue weighted by Crippen LogP contribution is 2.28. The van der Waals surface area contributed by atoms with E-state index in [1.54, 1.807) is 24.3 Å². The molecule has 0 bridgehead atoms. The first-order chi connectivity index (χ1) is 12.4. The van der Waals surface area contributed by atoms with Gasteiger partial charge in [-0.1, -0.05) is 12.1 Å². The Bertz CT molecular complexity index is 795. The summed E-state index contributed by atoms with van der Waals surface area (Å²) in [7, 11) is 3.06. The highest BCUT2D eigenvalue weighted by atomic mass is 19.1. The zero-order valence-corrected chi connectivity index (χ0v) is 14.9. The van der Waals surface area contributed by atoms with E-state index in [1.807, 2.05) is 0 Å². The second-order valence-corrected chi connectivity index (χ2v) is 5.62. The number of carbonyl (C=O) groups is 2. The lowest BCUT2D eigenvalue weighted by molar-refractivity contribution is -0.133. The van der Waals surface area contributed by atoms with E-state index in [0.717, 1.165) is 5.56 Å². The fourth-order valence-electron chi connectivity index (χ4n) is 2.42. The number of hydrogen-bond donors (Lipinski definition) is 1. The van der Waals surface area contributed by atoms with Crippen LogP contribution in [0.3, 0.4) is 0 Å². The Kier molecular flexibility index (Phi) is 6.54. The van der Waals surface area contributed by atoms with E-state index in [2.05, 4.69) is 5.32 Å². The maximum Gasteiger partial charge on any atom is 0.244 e. The number of halogens is 1. The van der Waals surface area contributed by atoms with Gasteiger partial charge in [0, 0.05) is 19.2 Å². The molecule has 0 saturated heterocycles. The highest BCUT2D eigenvalue weighted by molar-refractivity contribution is 5.94. The van der Waals surface area contributed by atoms with E-state index in [0.29, 0.717) is 17.2 Å². The van der Waals surface area contributed by atoms with Gasteiger partial charge >= 0.3 is 0 Å². The van der Waals surface area contributed by atoms with Crippen molar-refractivity contribution in [3.05, 3.63) is 53.8 Å². The van der Waals surface area contributed by atoms with Crippen LogP contribution in [0.25, 0.3) is 0 Å². The van der Waals surface area contributed by atoms with E-state index in [1.165, 1.54) is 44.2 Å². The summed E-state index contributed by atoms with van der Waals surface area (Å²) in [5.74, 6) is 0.00388. The van der Waals surface area contributed by atoms with Gasteiger partial charge in [-0.05, 0) is 35.9 Å². The lowest BCUT2D eigenvalue weighted by Crippen LogP contribution is -2.36. The predicted molar refractivity (Wildman–Crippen MR) is 95.7 cm³/mol. The number of nitrogens with one attached hydrogen (secondary N) is 1. The number of benzene rings is 2. The molecule has 0 saturated carbocycles. The molecular weight excluding hydrogens is 339 g/mol. The third-order valence-corrected chi connectivity index (χ3v) is 3.71. The SMILES string of the molecule is COc1ccc(CN(CC(=O)Nc2cccc(F)c2)C(C)=O)cc1OC. The average molecular weight is 360 g/mol. The third-order valence-electron chi connectivity index (χ3n) is 3.71. The first kappa shape index (κ1) is 19.2. The van der Waals surface area contributed by atoms with Gasteiger partial charge in [-0.2, -0.15) is 0 Å². The van der Waals surface area contributed by atoms with Crippen molar-refractivity contribution < 1.29 is 23.5 Å². The Labute approximate surface area is 151 Å². The molecule has 26 heavy (non-hydrogen) atoms. The minimum atomic E-state index is -0.448. The second-order valence-electron chi connectivity index (χ2n) is 5.62. The van der Waals surface area contributed by atoms with Gasteiger partial charge in [0.25, 0.3) is 0 Å². The van der Waals surface area contributed by atoms with E-state index >= 15 is 0 Å². The largest absolute Gasteiger partial charge is 0.493 e. The standard InChI is InChI=1S/C19H21FN2O4/c1-13(23)22(11-14-7-8-17(25-2)18(9-14)26-3)12-19(24)21-16-6-4-5-15(20)10-16/h4-10H,11-12H2,1-3H3,(H,21,24). The molecule has 0 atom stereocenters. The molecule has 0 radical (unpaired) electrons. The van der Waals surface area contributed by atoms with Gasteiger partial charge in [-0.25, -0.2) is 4.39 Å². The molecule has 0 fully saturated rings. The molecule has 7 heteroatoms. The summed E-state index contributed by atoms with van der Waals surface area (Å²) >= 11 is 0. The molecule has 138 valence electrons. The first-order valence-corrected chi connectivity index (χ1v) is 7.94. The number of amides is 2. The molecule has 0 spiro atoms. The molecule has 0 aromatic heterocycles. The number of hydrogen-bond acceptors (Lipinski definition) is 4. The second kappa shape index (κ2) is 8.84. The van der Waals surface area contributed by atoms with Crippen molar-refractivity contribution in [3.63, 3.8) is 0 Å². The smallest absolute Gasteiger partial charge is 0.244 e. The minimum absolute atomic E-state index is 0.153. The highest BCUT2D eigenvalue weighted by Gasteiger charge is 2.16. The molecule has 0 aliphatic carbocycles.